The van der Waals surface area contributed by atoms with Crippen LogP contribution in [0.15, 0.2) is 35.0 Å². The smallest absolute Gasteiger partial charge is 0.213 e. The average molecular weight is 342 g/mol. The van der Waals surface area contributed by atoms with Crippen LogP contribution >= 0.6 is 0 Å². The quantitative estimate of drug-likeness (QED) is 0.831. The highest BCUT2D eigenvalue weighted by molar-refractivity contribution is 5.11. The van der Waals surface area contributed by atoms with E-state index < -0.39 is 0 Å². The van der Waals surface area contributed by atoms with Gasteiger partial charge >= 0.3 is 0 Å². The molecule has 2 aliphatic heterocycles. The lowest BCUT2D eigenvalue weighted by Gasteiger charge is -2.58. The second-order valence-electron chi connectivity index (χ2n) is 7.56. The summed E-state index contributed by atoms with van der Waals surface area (Å²) in [5, 5.41) is 4.11. The van der Waals surface area contributed by atoms with E-state index in [2.05, 4.69) is 27.0 Å². The van der Waals surface area contributed by atoms with E-state index in [1.165, 1.54) is 12.8 Å². The van der Waals surface area contributed by atoms with Crippen molar-refractivity contribution in [3.8, 4) is 5.88 Å². The fourth-order valence-electron chi connectivity index (χ4n) is 4.18. The Hall–Kier alpha value is -1.92. The number of pyridine rings is 1. The molecule has 1 spiro atoms. The number of likely N-dealkylation sites (tertiary alicyclic amines) is 2. The van der Waals surface area contributed by atoms with Crippen molar-refractivity contribution in [3.63, 3.8) is 0 Å². The van der Waals surface area contributed by atoms with Crippen molar-refractivity contribution in [2.24, 2.45) is 5.92 Å². The van der Waals surface area contributed by atoms with Crippen LogP contribution in [0, 0.1) is 12.8 Å². The summed E-state index contributed by atoms with van der Waals surface area (Å²) in [5.74, 6) is 2.20. The van der Waals surface area contributed by atoms with Crippen LogP contribution in [0.25, 0.3) is 0 Å². The molecule has 0 amide bonds. The molecule has 0 aromatic carbocycles. The number of aromatic nitrogens is 2. The van der Waals surface area contributed by atoms with Gasteiger partial charge in [-0.25, -0.2) is 4.98 Å². The highest BCUT2D eigenvalue weighted by Crippen LogP contribution is 2.38. The molecule has 2 aromatic rings. The predicted octanol–water partition coefficient (Wildman–Crippen LogP) is 2.35. The Labute approximate surface area is 148 Å². The van der Waals surface area contributed by atoms with E-state index in [0.717, 1.165) is 50.1 Å². The maximum atomic E-state index is 5.90. The van der Waals surface area contributed by atoms with Gasteiger partial charge in [0.15, 0.2) is 0 Å². The first-order valence-corrected chi connectivity index (χ1v) is 9.03. The molecule has 6 nitrogen and oxygen atoms in total. The number of nitrogens with zero attached hydrogens (tertiary/aromatic N) is 4. The van der Waals surface area contributed by atoms with Crippen molar-refractivity contribution in [1.29, 1.82) is 0 Å². The SMILES string of the molecule is Cc1cc(CN2CC3(CC(COc4ccccn4)CCN3C)C2)no1. The summed E-state index contributed by atoms with van der Waals surface area (Å²) in [6.45, 7) is 6.89. The monoisotopic (exact) mass is 342 g/mol. The Bertz CT molecular complexity index is 696. The van der Waals surface area contributed by atoms with Gasteiger partial charge in [-0.3, -0.25) is 9.80 Å². The second-order valence-corrected chi connectivity index (χ2v) is 7.56. The summed E-state index contributed by atoms with van der Waals surface area (Å²) in [6, 6.07) is 7.83. The molecule has 6 heteroatoms. The van der Waals surface area contributed by atoms with E-state index >= 15 is 0 Å². The van der Waals surface area contributed by atoms with E-state index in [-0.39, 0.29) is 5.54 Å². The van der Waals surface area contributed by atoms with Crippen LogP contribution < -0.4 is 4.74 Å². The first-order valence-electron chi connectivity index (χ1n) is 9.03. The molecule has 0 radical (unpaired) electrons. The van der Waals surface area contributed by atoms with Crippen LogP contribution in [0.5, 0.6) is 5.88 Å². The largest absolute Gasteiger partial charge is 0.477 e. The topological polar surface area (TPSA) is 54.6 Å². The van der Waals surface area contributed by atoms with Gasteiger partial charge in [0.1, 0.15) is 5.76 Å². The Morgan fingerprint density at radius 1 is 1.36 bits per heavy atom. The van der Waals surface area contributed by atoms with Crippen LogP contribution in [0.2, 0.25) is 0 Å². The zero-order valence-corrected chi connectivity index (χ0v) is 15.0. The summed E-state index contributed by atoms with van der Waals surface area (Å²) in [6.07, 6.45) is 4.15. The molecule has 2 saturated heterocycles. The van der Waals surface area contributed by atoms with Gasteiger partial charge in [-0.1, -0.05) is 11.2 Å². The van der Waals surface area contributed by atoms with Crippen molar-refractivity contribution in [3.05, 3.63) is 41.9 Å². The van der Waals surface area contributed by atoms with Gasteiger partial charge in [-0.05, 0) is 45.3 Å². The summed E-state index contributed by atoms with van der Waals surface area (Å²) in [7, 11) is 2.26. The van der Waals surface area contributed by atoms with Gasteiger partial charge in [0, 0.05) is 43.5 Å². The van der Waals surface area contributed by atoms with Crippen LogP contribution in [0.4, 0.5) is 0 Å². The third-order valence-electron chi connectivity index (χ3n) is 5.55. The third kappa shape index (κ3) is 3.55. The van der Waals surface area contributed by atoms with Gasteiger partial charge < -0.3 is 9.26 Å². The van der Waals surface area contributed by atoms with Crippen molar-refractivity contribution >= 4 is 0 Å². The molecule has 0 saturated carbocycles. The number of likely N-dealkylation sites (N-methyl/N-ethyl adjacent to an activating group) is 1. The number of aryl methyl sites for hydroxylation is 1. The van der Waals surface area contributed by atoms with Crippen molar-refractivity contribution in [2.45, 2.75) is 31.8 Å². The van der Waals surface area contributed by atoms with Gasteiger partial charge in [0.2, 0.25) is 5.88 Å². The normalized spacial score (nSPS) is 23.5. The Morgan fingerprint density at radius 2 is 2.24 bits per heavy atom. The van der Waals surface area contributed by atoms with Crippen molar-refractivity contribution in [1.82, 2.24) is 19.9 Å². The lowest BCUT2D eigenvalue weighted by molar-refractivity contribution is -0.0880. The molecular formula is C19H26N4O2. The Morgan fingerprint density at radius 3 is 2.96 bits per heavy atom. The van der Waals surface area contributed by atoms with E-state index in [1.54, 1.807) is 6.20 Å². The van der Waals surface area contributed by atoms with E-state index in [1.807, 2.05) is 31.2 Å². The lowest BCUT2D eigenvalue weighted by atomic mass is 9.75. The first kappa shape index (κ1) is 16.5. The fraction of sp³-hybridized carbons (Fsp3) is 0.579. The van der Waals surface area contributed by atoms with Crippen LogP contribution in [0.3, 0.4) is 0 Å². The summed E-state index contributed by atoms with van der Waals surface area (Å²) in [5.41, 5.74) is 1.32. The average Bonchev–Trinajstić information content (AvgIpc) is 3.00. The highest BCUT2D eigenvalue weighted by atomic mass is 16.5. The Kier molecular flexibility index (Phi) is 4.48. The molecule has 2 aliphatic rings. The van der Waals surface area contributed by atoms with Gasteiger partial charge in [0.25, 0.3) is 0 Å². The number of rotatable bonds is 5. The fourth-order valence-corrected chi connectivity index (χ4v) is 4.18. The maximum absolute atomic E-state index is 5.90. The van der Waals surface area contributed by atoms with Gasteiger partial charge in [0.05, 0.1) is 12.3 Å². The summed E-state index contributed by atoms with van der Waals surface area (Å²) in [4.78, 5) is 9.24. The second kappa shape index (κ2) is 6.77. The van der Waals surface area contributed by atoms with E-state index in [4.69, 9.17) is 9.26 Å². The molecule has 2 aromatic heterocycles. The molecule has 0 aliphatic carbocycles. The molecule has 0 bridgehead atoms. The number of ether oxygens (including phenoxy) is 1. The zero-order valence-electron chi connectivity index (χ0n) is 15.0. The number of hydrogen-bond acceptors (Lipinski definition) is 6. The molecular weight excluding hydrogens is 316 g/mol. The molecule has 1 atom stereocenters. The van der Waals surface area contributed by atoms with Gasteiger partial charge in [-0.15, -0.1) is 0 Å². The minimum absolute atomic E-state index is 0.287. The van der Waals surface area contributed by atoms with Gasteiger partial charge in [-0.2, -0.15) is 0 Å². The molecule has 25 heavy (non-hydrogen) atoms. The predicted molar refractivity (Wildman–Crippen MR) is 94.3 cm³/mol. The first-order chi connectivity index (χ1) is 12.1. The molecule has 4 rings (SSSR count). The zero-order chi connectivity index (χ0) is 17.3. The van der Waals surface area contributed by atoms with Crippen molar-refractivity contribution < 1.29 is 9.26 Å². The minimum Gasteiger partial charge on any atom is -0.477 e. The number of hydrogen-bond donors (Lipinski definition) is 0. The van der Waals surface area contributed by atoms with Crippen molar-refractivity contribution in [2.75, 3.05) is 33.3 Å². The standard InChI is InChI=1S/C19H26N4O2/c1-15-9-17(21-25-15)11-23-13-19(14-23)10-16(6-8-22(19)2)12-24-18-5-3-4-7-20-18/h3-5,7,9,16H,6,8,10-14H2,1-2H3. The van der Waals surface area contributed by atoms with Crippen LogP contribution in [-0.4, -0.2) is 58.8 Å². The highest BCUT2D eigenvalue weighted by Gasteiger charge is 2.49. The van der Waals surface area contributed by atoms with E-state index in [9.17, 15) is 0 Å². The number of piperidine rings is 1. The van der Waals surface area contributed by atoms with Crippen LogP contribution in [-0.2, 0) is 6.54 Å². The molecule has 2 fully saturated rings. The molecule has 1 unspecified atom stereocenters. The molecule has 4 heterocycles. The minimum atomic E-state index is 0.287. The lowest BCUT2D eigenvalue weighted by Crippen LogP contribution is -2.71. The van der Waals surface area contributed by atoms with Crippen LogP contribution in [0.1, 0.15) is 24.3 Å². The van der Waals surface area contributed by atoms with E-state index in [0.29, 0.717) is 5.92 Å². The molecule has 0 N–H and O–H groups in total. The Balaban J connectivity index is 1.31. The molecule has 134 valence electrons. The summed E-state index contributed by atoms with van der Waals surface area (Å²) < 4.78 is 11.1. The third-order valence-corrected chi connectivity index (χ3v) is 5.55. The summed E-state index contributed by atoms with van der Waals surface area (Å²) >= 11 is 0. The maximum Gasteiger partial charge on any atom is 0.213 e.